The van der Waals surface area contributed by atoms with E-state index in [1.54, 1.807) is 13.0 Å². The number of aromatic amines is 1. The molecule has 0 aliphatic carbocycles. The zero-order valence-electron chi connectivity index (χ0n) is 8.02. The number of aryl methyl sites for hydroxylation is 1. The average Bonchev–Trinajstić information content (AvgIpc) is 2.84. The summed E-state index contributed by atoms with van der Waals surface area (Å²) >= 11 is 0. The third-order valence-electron chi connectivity index (χ3n) is 1.76. The number of nitrogens with one attached hydrogen (secondary N) is 2. The average molecular weight is 207 g/mol. The Morgan fingerprint density at radius 1 is 1.67 bits per heavy atom. The van der Waals surface area contributed by atoms with E-state index >= 15 is 0 Å². The Balaban J connectivity index is 1.93. The van der Waals surface area contributed by atoms with Gasteiger partial charge in [0.1, 0.15) is 11.5 Å². The van der Waals surface area contributed by atoms with E-state index in [9.17, 15) is 4.79 Å². The number of carbonyl (C=O) groups excluding carboxylic acids is 1. The minimum atomic E-state index is -0.296. The highest BCUT2D eigenvalue weighted by molar-refractivity contribution is 5.92. The number of amides is 1. The van der Waals surface area contributed by atoms with Gasteiger partial charge in [-0.25, -0.2) is 0 Å². The molecule has 0 aliphatic heterocycles. The first-order valence-corrected chi connectivity index (χ1v) is 4.32. The van der Waals surface area contributed by atoms with E-state index in [1.165, 1.54) is 6.20 Å². The topological polar surface area (TPSA) is 96.7 Å². The highest BCUT2D eigenvalue weighted by Gasteiger charge is 2.10. The highest BCUT2D eigenvalue weighted by atomic mass is 16.5. The molecule has 0 atom stereocenters. The van der Waals surface area contributed by atoms with Crippen molar-refractivity contribution in [3.05, 3.63) is 29.4 Å². The van der Waals surface area contributed by atoms with E-state index in [0.29, 0.717) is 18.0 Å². The van der Waals surface area contributed by atoms with Gasteiger partial charge in [-0.3, -0.25) is 4.79 Å². The SMILES string of the molecule is Cc1cc(C(=O)NCc2cn[nH]n2)no1. The van der Waals surface area contributed by atoms with Crippen LogP contribution in [-0.4, -0.2) is 26.5 Å². The van der Waals surface area contributed by atoms with E-state index in [1.807, 2.05) is 0 Å². The minimum absolute atomic E-state index is 0.260. The van der Waals surface area contributed by atoms with Crippen LogP contribution in [0.1, 0.15) is 21.9 Å². The first-order valence-electron chi connectivity index (χ1n) is 4.32. The summed E-state index contributed by atoms with van der Waals surface area (Å²) in [6.07, 6.45) is 1.54. The van der Waals surface area contributed by atoms with Crippen LogP contribution < -0.4 is 5.32 Å². The zero-order chi connectivity index (χ0) is 10.7. The van der Waals surface area contributed by atoms with Gasteiger partial charge in [-0.1, -0.05) is 5.16 Å². The van der Waals surface area contributed by atoms with Crippen LogP contribution in [0, 0.1) is 6.92 Å². The van der Waals surface area contributed by atoms with Gasteiger partial charge in [-0.2, -0.15) is 15.4 Å². The van der Waals surface area contributed by atoms with E-state index in [4.69, 9.17) is 4.52 Å². The molecule has 0 spiro atoms. The van der Waals surface area contributed by atoms with Crippen LogP contribution in [0.15, 0.2) is 16.8 Å². The lowest BCUT2D eigenvalue weighted by Gasteiger charge is -1.97. The molecule has 15 heavy (non-hydrogen) atoms. The van der Waals surface area contributed by atoms with Crippen molar-refractivity contribution in [2.45, 2.75) is 13.5 Å². The molecule has 2 aromatic heterocycles. The van der Waals surface area contributed by atoms with E-state index < -0.39 is 0 Å². The summed E-state index contributed by atoms with van der Waals surface area (Å²) in [6, 6.07) is 1.57. The van der Waals surface area contributed by atoms with Crippen LogP contribution in [0.4, 0.5) is 0 Å². The molecule has 2 rings (SSSR count). The molecule has 2 aromatic rings. The summed E-state index contributed by atoms with van der Waals surface area (Å²) in [5.74, 6) is 0.302. The maximum Gasteiger partial charge on any atom is 0.273 e. The van der Waals surface area contributed by atoms with Crippen molar-refractivity contribution in [1.29, 1.82) is 0 Å². The molecule has 0 aliphatic rings. The Labute approximate surface area is 84.8 Å². The lowest BCUT2D eigenvalue weighted by Crippen LogP contribution is -2.23. The lowest BCUT2D eigenvalue weighted by molar-refractivity contribution is 0.0941. The molecule has 0 fully saturated rings. The summed E-state index contributed by atoms with van der Waals surface area (Å²) in [6.45, 7) is 2.03. The molecule has 0 saturated carbocycles. The number of rotatable bonds is 3. The standard InChI is InChI=1S/C8H9N5O2/c1-5-2-7(12-15-5)8(14)9-3-6-4-10-13-11-6/h2,4H,3H2,1H3,(H,9,14)(H,10,11,13). The van der Waals surface area contributed by atoms with Gasteiger partial charge in [-0.05, 0) is 6.92 Å². The Kier molecular flexibility index (Phi) is 2.44. The quantitative estimate of drug-likeness (QED) is 0.740. The molecule has 78 valence electrons. The number of nitrogens with zero attached hydrogens (tertiary/aromatic N) is 3. The predicted octanol–water partition coefficient (Wildman–Crippen LogP) is 0.0311. The molecular formula is C8H9N5O2. The normalized spacial score (nSPS) is 10.2. The summed E-state index contributed by atoms with van der Waals surface area (Å²) in [5.41, 5.74) is 0.916. The van der Waals surface area contributed by atoms with Crippen LogP contribution in [0.25, 0.3) is 0 Å². The first kappa shape index (κ1) is 9.38. The van der Waals surface area contributed by atoms with E-state index in [0.717, 1.165) is 0 Å². The summed E-state index contributed by atoms with van der Waals surface area (Å²) in [7, 11) is 0. The second-order valence-electron chi connectivity index (χ2n) is 2.97. The van der Waals surface area contributed by atoms with Crippen LogP contribution in [0.5, 0.6) is 0 Å². The van der Waals surface area contributed by atoms with Gasteiger partial charge in [0.2, 0.25) is 0 Å². The minimum Gasteiger partial charge on any atom is -0.361 e. The second-order valence-corrected chi connectivity index (χ2v) is 2.97. The van der Waals surface area contributed by atoms with Gasteiger partial charge in [0, 0.05) is 6.07 Å². The van der Waals surface area contributed by atoms with Gasteiger partial charge in [0.05, 0.1) is 12.7 Å². The van der Waals surface area contributed by atoms with Crippen LogP contribution >= 0.6 is 0 Å². The Morgan fingerprint density at radius 3 is 3.13 bits per heavy atom. The van der Waals surface area contributed by atoms with Crippen molar-refractivity contribution >= 4 is 5.91 Å². The largest absolute Gasteiger partial charge is 0.361 e. The molecule has 0 saturated heterocycles. The number of aromatic nitrogens is 4. The third-order valence-corrected chi connectivity index (χ3v) is 1.76. The zero-order valence-corrected chi connectivity index (χ0v) is 8.02. The third kappa shape index (κ3) is 2.19. The van der Waals surface area contributed by atoms with E-state index in [-0.39, 0.29) is 11.6 Å². The highest BCUT2D eigenvalue weighted by Crippen LogP contribution is 2.01. The fraction of sp³-hybridized carbons (Fsp3) is 0.250. The molecule has 2 N–H and O–H groups in total. The van der Waals surface area contributed by atoms with Gasteiger partial charge in [0.15, 0.2) is 5.69 Å². The summed E-state index contributed by atoms with van der Waals surface area (Å²) < 4.78 is 4.78. The van der Waals surface area contributed by atoms with Crippen LogP contribution in [0.3, 0.4) is 0 Å². The Morgan fingerprint density at radius 2 is 2.53 bits per heavy atom. The number of H-pyrrole nitrogens is 1. The van der Waals surface area contributed by atoms with Gasteiger partial charge >= 0.3 is 0 Å². The fourth-order valence-corrected chi connectivity index (χ4v) is 1.05. The number of hydrogen-bond acceptors (Lipinski definition) is 5. The van der Waals surface area contributed by atoms with Gasteiger partial charge in [0.25, 0.3) is 5.91 Å². The number of carbonyl (C=O) groups is 1. The molecule has 0 unspecified atom stereocenters. The maximum absolute atomic E-state index is 11.5. The number of hydrogen-bond donors (Lipinski definition) is 2. The van der Waals surface area contributed by atoms with Crippen LogP contribution in [-0.2, 0) is 6.54 Å². The fourth-order valence-electron chi connectivity index (χ4n) is 1.05. The van der Waals surface area contributed by atoms with Crippen molar-refractivity contribution in [3.8, 4) is 0 Å². The molecule has 0 aromatic carbocycles. The smallest absolute Gasteiger partial charge is 0.273 e. The monoisotopic (exact) mass is 207 g/mol. The van der Waals surface area contributed by atoms with Crippen molar-refractivity contribution in [2.24, 2.45) is 0 Å². The molecule has 0 bridgehead atoms. The second kappa shape index (κ2) is 3.91. The molecule has 7 heteroatoms. The molecular weight excluding hydrogens is 198 g/mol. The first-order chi connectivity index (χ1) is 7.25. The Bertz CT molecular complexity index is 447. The lowest BCUT2D eigenvalue weighted by atomic mass is 10.3. The molecule has 0 radical (unpaired) electrons. The van der Waals surface area contributed by atoms with Crippen molar-refractivity contribution in [2.75, 3.05) is 0 Å². The van der Waals surface area contributed by atoms with Crippen molar-refractivity contribution in [1.82, 2.24) is 25.9 Å². The maximum atomic E-state index is 11.5. The van der Waals surface area contributed by atoms with Crippen molar-refractivity contribution in [3.63, 3.8) is 0 Å². The summed E-state index contributed by atoms with van der Waals surface area (Å²) in [5, 5.41) is 16.1. The molecule has 1 amide bonds. The predicted molar refractivity (Wildman–Crippen MR) is 48.8 cm³/mol. The Hall–Kier alpha value is -2.18. The van der Waals surface area contributed by atoms with Crippen LogP contribution in [0.2, 0.25) is 0 Å². The molecule has 7 nitrogen and oxygen atoms in total. The molecule has 2 heterocycles. The van der Waals surface area contributed by atoms with E-state index in [2.05, 4.69) is 25.9 Å². The van der Waals surface area contributed by atoms with Gasteiger partial charge in [-0.15, -0.1) is 0 Å². The van der Waals surface area contributed by atoms with Gasteiger partial charge < -0.3 is 9.84 Å². The van der Waals surface area contributed by atoms with Crippen molar-refractivity contribution < 1.29 is 9.32 Å². The summed E-state index contributed by atoms with van der Waals surface area (Å²) in [4.78, 5) is 11.5.